The average molecular weight is 470 g/mol. The number of piperazine rings is 1. The number of anilines is 1. The molecule has 1 saturated heterocycles. The van der Waals surface area contributed by atoms with Crippen LogP contribution < -0.4 is 21.1 Å². The van der Waals surface area contributed by atoms with Crippen molar-refractivity contribution in [3.63, 3.8) is 0 Å². The lowest BCUT2D eigenvalue weighted by Gasteiger charge is -2.28. The highest BCUT2D eigenvalue weighted by molar-refractivity contribution is 7.90. The van der Waals surface area contributed by atoms with Crippen LogP contribution in [0, 0.1) is 0 Å². The molecule has 0 bridgehead atoms. The standard InChI is InChI=1S/C25H35N5O2S/c26-20-7-9-21(10-8-20)28-24-17-23(24)22-11-6-19(18-4-2-1-3-5-18)16-25(22)29-33(31,32)30-14-12-27-13-15-30/h1-6,11,16,20-21,23-24,27-29H,7-10,12-15,17,26H2/t20-,21+,23-,24+/m0/s1. The van der Waals surface area contributed by atoms with E-state index in [1.165, 1.54) is 4.31 Å². The third-order valence-electron chi connectivity index (χ3n) is 7.23. The number of nitrogens with one attached hydrogen (secondary N) is 3. The highest BCUT2D eigenvalue weighted by Gasteiger charge is 2.41. The van der Waals surface area contributed by atoms with Crippen LogP contribution in [0.2, 0.25) is 0 Å². The zero-order valence-electron chi connectivity index (χ0n) is 19.0. The Labute approximate surface area is 197 Å². The maximum atomic E-state index is 13.2. The first-order chi connectivity index (χ1) is 16.0. The van der Waals surface area contributed by atoms with Crippen LogP contribution in [-0.2, 0) is 10.2 Å². The van der Waals surface area contributed by atoms with Crippen LogP contribution in [0.4, 0.5) is 5.69 Å². The number of nitrogens with zero attached hydrogens (tertiary/aromatic N) is 1. The van der Waals surface area contributed by atoms with Crippen LogP contribution >= 0.6 is 0 Å². The summed E-state index contributed by atoms with van der Waals surface area (Å²) in [6.07, 6.45) is 5.45. The Morgan fingerprint density at radius 2 is 1.67 bits per heavy atom. The van der Waals surface area contributed by atoms with Gasteiger partial charge in [-0.25, -0.2) is 0 Å². The molecule has 0 amide bonds. The second-order valence-electron chi connectivity index (χ2n) is 9.65. The van der Waals surface area contributed by atoms with Crippen LogP contribution in [0.15, 0.2) is 48.5 Å². The van der Waals surface area contributed by atoms with Crippen molar-refractivity contribution in [2.24, 2.45) is 5.73 Å². The fourth-order valence-corrected chi connectivity index (χ4v) is 6.42. The second-order valence-corrected chi connectivity index (χ2v) is 11.3. The van der Waals surface area contributed by atoms with Gasteiger partial charge in [-0.1, -0.05) is 42.5 Å². The first-order valence-corrected chi connectivity index (χ1v) is 13.6. The molecular formula is C25H35N5O2S. The first kappa shape index (κ1) is 22.8. The SMILES string of the molecule is N[C@H]1CC[C@@H](N[C@@H]2C[C@H]2c2ccc(-c3ccccc3)cc2NS(=O)(=O)N2CCNCC2)CC1. The van der Waals surface area contributed by atoms with Gasteiger partial charge < -0.3 is 16.4 Å². The van der Waals surface area contributed by atoms with Gasteiger partial charge in [-0.15, -0.1) is 0 Å². The van der Waals surface area contributed by atoms with Crippen molar-refractivity contribution in [3.8, 4) is 11.1 Å². The molecule has 0 radical (unpaired) electrons. The molecule has 5 rings (SSSR count). The fourth-order valence-electron chi connectivity index (χ4n) is 5.18. The minimum Gasteiger partial charge on any atom is -0.328 e. The van der Waals surface area contributed by atoms with Crippen molar-refractivity contribution >= 4 is 15.9 Å². The second kappa shape index (κ2) is 9.72. The number of hydrogen-bond donors (Lipinski definition) is 4. The fraction of sp³-hybridized carbons (Fsp3) is 0.520. The summed E-state index contributed by atoms with van der Waals surface area (Å²) >= 11 is 0. The zero-order chi connectivity index (χ0) is 22.8. The molecule has 8 heteroatoms. The molecule has 2 aliphatic carbocycles. The Hall–Kier alpha value is -1.97. The Kier molecular flexibility index (Phi) is 6.72. The van der Waals surface area contributed by atoms with Gasteiger partial charge in [-0.3, -0.25) is 4.72 Å². The Balaban J connectivity index is 1.37. The molecule has 3 aliphatic rings. The molecule has 2 atom stereocenters. The molecule has 2 aromatic carbocycles. The van der Waals surface area contributed by atoms with Crippen molar-refractivity contribution in [2.75, 3.05) is 30.9 Å². The Morgan fingerprint density at radius 3 is 2.39 bits per heavy atom. The van der Waals surface area contributed by atoms with Gasteiger partial charge in [0.2, 0.25) is 0 Å². The van der Waals surface area contributed by atoms with E-state index in [1.54, 1.807) is 0 Å². The van der Waals surface area contributed by atoms with Crippen molar-refractivity contribution in [1.82, 2.24) is 14.9 Å². The normalized spacial score (nSPS) is 28.4. The molecule has 0 unspecified atom stereocenters. The lowest BCUT2D eigenvalue weighted by atomic mass is 9.91. The summed E-state index contributed by atoms with van der Waals surface area (Å²) in [4.78, 5) is 0. The molecule has 5 N–H and O–H groups in total. The van der Waals surface area contributed by atoms with Gasteiger partial charge in [-0.2, -0.15) is 12.7 Å². The minimum atomic E-state index is -3.61. The van der Waals surface area contributed by atoms with Gasteiger partial charge in [0.05, 0.1) is 5.69 Å². The van der Waals surface area contributed by atoms with E-state index >= 15 is 0 Å². The summed E-state index contributed by atoms with van der Waals surface area (Å²) in [7, 11) is -3.61. The molecule has 3 fully saturated rings. The summed E-state index contributed by atoms with van der Waals surface area (Å²) in [6.45, 7) is 2.33. The number of rotatable bonds is 7. The van der Waals surface area contributed by atoms with E-state index in [4.69, 9.17) is 5.73 Å². The molecular weight excluding hydrogens is 434 g/mol. The number of nitrogens with two attached hydrogens (primary N) is 1. The third kappa shape index (κ3) is 5.41. The van der Waals surface area contributed by atoms with E-state index < -0.39 is 10.2 Å². The lowest BCUT2D eigenvalue weighted by Crippen LogP contribution is -2.48. The largest absolute Gasteiger partial charge is 0.328 e. The van der Waals surface area contributed by atoms with E-state index in [0.717, 1.165) is 48.8 Å². The van der Waals surface area contributed by atoms with Crippen molar-refractivity contribution in [2.45, 2.75) is 56.1 Å². The summed E-state index contributed by atoms with van der Waals surface area (Å²) in [6, 6.07) is 17.6. The molecule has 1 heterocycles. The summed E-state index contributed by atoms with van der Waals surface area (Å²) in [5, 5.41) is 7.03. The first-order valence-electron chi connectivity index (χ1n) is 12.2. The van der Waals surface area contributed by atoms with Crippen molar-refractivity contribution in [3.05, 3.63) is 54.1 Å². The minimum absolute atomic E-state index is 0.325. The molecule has 2 aromatic rings. The monoisotopic (exact) mass is 469 g/mol. The summed E-state index contributed by atoms with van der Waals surface area (Å²) < 4.78 is 30.9. The number of hydrogen-bond acceptors (Lipinski definition) is 5. The molecule has 178 valence electrons. The predicted molar refractivity (Wildman–Crippen MR) is 133 cm³/mol. The quantitative estimate of drug-likeness (QED) is 0.500. The van der Waals surface area contributed by atoms with Crippen LogP contribution in [0.1, 0.15) is 43.6 Å². The smallest absolute Gasteiger partial charge is 0.301 e. The van der Waals surface area contributed by atoms with Crippen molar-refractivity contribution < 1.29 is 8.42 Å². The van der Waals surface area contributed by atoms with Crippen molar-refractivity contribution in [1.29, 1.82) is 0 Å². The van der Waals surface area contributed by atoms with Crippen LogP contribution in [0.5, 0.6) is 0 Å². The number of benzene rings is 2. The maximum absolute atomic E-state index is 13.2. The van der Waals surface area contributed by atoms with E-state index in [9.17, 15) is 8.42 Å². The highest BCUT2D eigenvalue weighted by Crippen LogP contribution is 2.46. The zero-order valence-corrected chi connectivity index (χ0v) is 19.9. The molecule has 33 heavy (non-hydrogen) atoms. The summed E-state index contributed by atoms with van der Waals surface area (Å²) in [5.41, 5.74) is 9.95. The Bertz CT molecular complexity index is 1050. The topological polar surface area (TPSA) is 99.5 Å². The van der Waals surface area contributed by atoms with E-state index in [2.05, 4.69) is 39.6 Å². The average Bonchev–Trinajstić information content (AvgIpc) is 3.60. The van der Waals surface area contributed by atoms with Crippen LogP contribution in [-0.4, -0.2) is 57.0 Å². The van der Waals surface area contributed by atoms with Gasteiger partial charge in [0, 0.05) is 50.2 Å². The van der Waals surface area contributed by atoms with Gasteiger partial charge in [0.25, 0.3) is 0 Å². The van der Waals surface area contributed by atoms with Crippen LogP contribution in [0.3, 0.4) is 0 Å². The van der Waals surface area contributed by atoms with Gasteiger partial charge >= 0.3 is 10.2 Å². The van der Waals surface area contributed by atoms with Gasteiger partial charge in [-0.05, 0) is 54.9 Å². The molecule has 2 saturated carbocycles. The summed E-state index contributed by atoms with van der Waals surface area (Å²) in [5.74, 6) is 0.325. The van der Waals surface area contributed by atoms with Gasteiger partial charge in [0.1, 0.15) is 0 Å². The van der Waals surface area contributed by atoms with Gasteiger partial charge in [0.15, 0.2) is 0 Å². The molecule has 0 aromatic heterocycles. The Morgan fingerprint density at radius 1 is 0.939 bits per heavy atom. The maximum Gasteiger partial charge on any atom is 0.301 e. The predicted octanol–water partition coefficient (Wildman–Crippen LogP) is 2.63. The van der Waals surface area contributed by atoms with E-state index in [0.29, 0.717) is 55.9 Å². The molecule has 7 nitrogen and oxygen atoms in total. The highest BCUT2D eigenvalue weighted by atomic mass is 32.2. The third-order valence-corrected chi connectivity index (χ3v) is 8.75. The van der Waals surface area contributed by atoms with Crippen LogP contribution in [0.25, 0.3) is 11.1 Å². The molecule has 0 spiro atoms. The van der Waals surface area contributed by atoms with E-state index in [-0.39, 0.29) is 0 Å². The molecule has 1 aliphatic heterocycles. The van der Waals surface area contributed by atoms with E-state index in [1.807, 2.05) is 24.3 Å². The lowest BCUT2D eigenvalue weighted by molar-refractivity contribution is 0.339.